The number of pyridine rings is 2. The van der Waals surface area contributed by atoms with Crippen LogP contribution in [-0.4, -0.2) is 40.7 Å². The van der Waals surface area contributed by atoms with Gasteiger partial charge in [0.05, 0.1) is 12.3 Å². The summed E-state index contributed by atoms with van der Waals surface area (Å²) in [6.07, 6.45) is 3.59. The Morgan fingerprint density at radius 2 is 2.16 bits per heavy atom. The van der Waals surface area contributed by atoms with Crippen LogP contribution in [-0.2, 0) is 4.74 Å². The molecule has 3 heterocycles. The Balaban J connectivity index is 1.71. The zero-order valence-electron chi connectivity index (χ0n) is 14.1. The van der Waals surface area contributed by atoms with Crippen molar-refractivity contribution in [2.45, 2.75) is 13.8 Å². The van der Waals surface area contributed by atoms with Crippen LogP contribution in [0.4, 0.5) is 9.93 Å². The van der Waals surface area contributed by atoms with E-state index in [4.69, 9.17) is 4.74 Å². The van der Waals surface area contributed by atoms with E-state index in [-0.39, 0.29) is 6.03 Å². The SMILES string of the molecule is CCOCCNC(=O)Nc1nc2ccc(-c3cncc(C)c3)nc2s1. The van der Waals surface area contributed by atoms with Crippen LogP contribution in [0.25, 0.3) is 21.6 Å². The first kappa shape index (κ1) is 17.2. The van der Waals surface area contributed by atoms with Crippen LogP contribution in [0.3, 0.4) is 0 Å². The summed E-state index contributed by atoms with van der Waals surface area (Å²) in [5.74, 6) is 0. The molecule has 0 fully saturated rings. The molecule has 0 aliphatic carbocycles. The minimum atomic E-state index is -0.304. The molecule has 130 valence electrons. The molecule has 3 rings (SSSR count). The van der Waals surface area contributed by atoms with E-state index in [9.17, 15) is 4.79 Å². The van der Waals surface area contributed by atoms with Gasteiger partial charge in [0.25, 0.3) is 0 Å². The smallest absolute Gasteiger partial charge is 0.321 e. The molecule has 0 aliphatic rings. The van der Waals surface area contributed by atoms with Gasteiger partial charge in [-0.25, -0.2) is 14.8 Å². The number of carbonyl (C=O) groups excluding carboxylic acids is 1. The third-order valence-corrected chi connectivity index (χ3v) is 4.26. The summed E-state index contributed by atoms with van der Waals surface area (Å²) < 4.78 is 5.18. The second-order valence-corrected chi connectivity index (χ2v) is 6.35. The maximum absolute atomic E-state index is 11.8. The molecule has 7 nitrogen and oxygen atoms in total. The molecule has 0 saturated carbocycles. The Morgan fingerprint density at radius 1 is 1.28 bits per heavy atom. The molecule has 25 heavy (non-hydrogen) atoms. The molecular formula is C17H19N5O2S. The fraction of sp³-hybridized carbons (Fsp3) is 0.294. The second-order valence-electron chi connectivity index (χ2n) is 5.37. The van der Waals surface area contributed by atoms with Gasteiger partial charge in [-0.15, -0.1) is 0 Å². The van der Waals surface area contributed by atoms with E-state index in [0.717, 1.165) is 27.2 Å². The van der Waals surface area contributed by atoms with Crippen molar-refractivity contribution in [2.75, 3.05) is 25.1 Å². The van der Waals surface area contributed by atoms with E-state index in [0.29, 0.717) is 24.9 Å². The van der Waals surface area contributed by atoms with E-state index >= 15 is 0 Å². The number of nitrogens with one attached hydrogen (secondary N) is 2. The number of hydrogen-bond acceptors (Lipinski definition) is 6. The van der Waals surface area contributed by atoms with Gasteiger partial charge in [0.1, 0.15) is 10.3 Å². The number of hydrogen-bond donors (Lipinski definition) is 2. The first-order valence-corrected chi connectivity index (χ1v) is 8.79. The van der Waals surface area contributed by atoms with E-state index in [1.54, 1.807) is 12.4 Å². The highest BCUT2D eigenvalue weighted by Gasteiger charge is 2.10. The highest BCUT2D eigenvalue weighted by Crippen LogP contribution is 2.27. The fourth-order valence-corrected chi connectivity index (χ4v) is 3.08. The van der Waals surface area contributed by atoms with Crippen molar-refractivity contribution in [3.63, 3.8) is 0 Å². The van der Waals surface area contributed by atoms with Crippen molar-refractivity contribution in [3.05, 3.63) is 36.2 Å². The van der Waals surface area contributed by atoms with Crippen LogP contribution in [0.15, 0.2) is 30.6 Å². The average molecular weight is 357 g/mol. The molecule has 0 radical (unpaired) electrons. The first-order chi connectivity index (χ1) is 12.2. The molecule has 3 aromatic rings. The Morgan fingerprint density at radius 3 is 2.96 bits per heavy atom. The highest BCUT2D eigenvalue weighted by atomic mass is 32.1. The average Bonchev–Trinajstić information content (AvgIpc) is 3.00. The van der Waals surface area contributed by atoms with Gasteiger partial charge in [-0.05, 0) is 37.6 Å². The zero-order chi connectivity index (χ0) is 17.6. The lowest BCUT2D eigenvalue weighted by molar-refractivity contribution is 0.150. The molecule has 0 spiro atoms. The predicted molar refractivity (Wildman–Crippen MR) is 98.9 cm³/mol. The molecule has 0 aliphatic heterocycles. The lowest BCUT2D eigenvalue weighted by atomic mass is 10.1. The van der Waals surface area contributed by atoms with Crippen LogP contribution in [0.5, 0.6) is 0 Å². The zero-order valence-corrected chi connectivity index (χ0v) is 14.9. The predicted octanol–water partition coefficient (Wildman–Crippen LogP) is 3.22. The quantitative estimate of drug-likeness (QED) is 0.661. The topological polar surface area (TPSA) is 89.0 Å². The van der Waals surface area contributed by atoms with Crippen LogP contribution in [0.1, 0.15) is 12.5 Å². The summed E-state index contributed by atoms with van der Waals surface area (Å²) in [5.41, 5.74) is 3.62. The summed E-state index contributed by atoms with van der Waals surface area (Å²) in [7, 11) is 0. The standard InChI is InChI=1S/C17H19N5O2S/c1-3-24-7-6-19-16(23)22-17-21-14-5-4-13(20-15(14)25-17)12-8-11(2)9-18-10-12/h4-5,8-10H,3,6-7H2,1-2H3,(H2,19,21,22,23). The van der Waals surface area contributed by atoms with Crippen molar-refractivity contribution >= 4 is 32.8 Å². The minimum absolute atomic E-state index is 0.304. The number of rotatable bonds is 6. The van der Waals surface area contributed by atoms with Crippen molar-refractivity contribution in [1.29, 1.82) is 0 Å². The first-order valence-electron chi connectivity index (χ1n) is 7.98. The molecular weight excluding hydrogens is 338 g/mol. The monoisotopic (exact) mass is 357 g/mol. The van der Waals surface area contributed by atoms with Gasteiger partial charge >= 0.3 is 6.03 Å². The number of urea groups is 1. The number of aromatic nitrogens is 3. The van der Waals surface area contributed by atoms with E-state index in [1.807, 2.05) is 32.0 Å². The van der Waals surface area contributed by atoms with Gasteiger partial charge in [0.15, 0.2) is 5.13 Å². The summed E-state index contributed by atoms with van der Waals surface area (Å²) >= 11 is 1.34. The van der Waals surface area contributed by atoms with Crippen molar-refractivity contribution < 1.29 is 9.53 Å². The van der Waals surface area contributed by atoms with Crippen molar-refractivity contribution in [1.82, 2.24) is 20.3 Å². The van der Waals surface area contributed by atoms with Gasteiger partial charge in [0, 0.05) is 31.1 Å². The summed E-state index contributed by atoms with van der Waals surface area (Å²) in [6, 6.07) is 5.54. The van der Waals surface area contributed by atoms with Gasteiger partial charge in [-0.2, -0.15) is 0 Å². The Kier molecular flexibility index (Phi) is 5.52. The molecule has 0 atom stereocenters. The Bertz CT molecular complexity index is 880. The molecule has 0 bridgehead atoms. The van der Waals surface area contributed by atoms with Gasteiger partial charge in [-0.3, -0.25) is 10.3 Å². The molecule has 0 aromatic carbocycles. The molecule has 2 N–H and O–H groups in total. The number of fused-ring (bicyclic) bond motifs is 1. The third-order valence-electron chi connectivity index (χ3n) is 3.38. The Hall–Kier alpha value is -2.58. The van der Waals surface area contributed by atoms with Crippen LogP contribution >= 0.6 is 11.3 Å². The van der Waals surface area contributed by atoms with Crippen molar-refractivity contribution in [2.24, 2.45) is 0 Å². The number of aryl methyl sites for hydroxylation is 1. The molecule has 2 amide bonds. The largest absolute Gasteiger partial charge is 0.380 e. The number of carbonyl (C=O) groups is 1. The normalized spacial score (nSPS) is 10.8. The van der Waals surface area contributed by atoms with Gasteiger partial charge in [0.2, 0.25) is 0 Å². The molecule has 8 heteroatoms. The number of anilines is 1. The summed E-state index contributed by atoms with van der Waals surface area (Å²) in [6.45, 7) is 5.47. The van der Waals surface area contributed by atoms with E-state index < -0.39 is 0 Å². The summed E-state index contributed by atoms with van der Waals surface area (Å²) in [5, 5.41) is 5.95. The van der Waals surface area contributed by atoms with Gasteiger partial charge < -0.3 is 10.1 Å². The van der Waals surface area contributed by atoms with E-state index in [2.05, 4.69) is 25.6 Å². The van der Waals surface area contributed by atoms with E-state index in [1.165, 1.54) is 11.3 Å². The molecule has 0 unspecified atom stereocenters. The minimum Gasteiger partial charge on any atom is -0.380 e. The lowest BCUT2D eigenvalue weighted by Crippen LogP contribution is -2.31. The lowest BCUT2D eigenvalue weighted by Gasteiger charge is -2.04. The van der Waals surface area contributed by atoms with Gasteiger partial charge in [-0.1, -0.05) is 11.3 Å². The number of ether oxygens (including phenoxy) is 1. The third kappa shape index (κ3) is 4.49. The second kappa shape index (κ2) is 8.00. The highest BCUT2D eigenvalue weighted by molar-refractivity contribution is 7.21. The summed E-state index contributed by atoms with van der Waals surface area (Å²) in [4.78, 5) is 25.8. The maximum Gasteiger partial charge on any atom is 0.321 e. The van der Waals surface area contributed by atoms with Crippen LogP contribution in [0, 0.1) is 6.92 Å². The van der Waals surface area contributed by atoms with Crippen LogP contribution in [0.2, 0.25) is 0 Å². The number of thiazole rings is 1. The number of amides is 2. The Labute approximate surface area is 149 Å². The molecule has 0 saturated heterocycles. The molecule has 3 aromatic heterocycles. The van der Waals surface area contributed by atoms with Crippen molar-refractivity contribution in [3.8, 4) is 11.3 Å². The fourth-order valence-electron chi connectivity index (χ4n) is 2.25. The maximum atomic E-state index is 11.8. The number of nitrogens with zero attached hydrogens (tertiary/aromatic N) is 3. The van der Waals surface area contributed by atoms with Crippen LogP contribution < -0.4 is 10.6 Å².